The molecule has 0 saturated carbocycles. The number of nitrogens with zero attached hydrogens (tertiary/aromatic N) is 3. The molecule has 1 aromatic heterocycles. The number of benzene rings is 1. The zero-order valence-electron chi connectivity index (χ0n) is 12.6. The Morgan fingerprint density at radius 3 is 2.71 bits per heavy atom. The van der Waals surface area contributed by atoms with Crippen LogP contribution < -0.4 is 5.73 Å². The Morgan fingerprint density at radius 1 is 1.38 bits per heavy atom. The van der Waals surface area contributed by atoms with Crippen LogP contribution in [0.4, 0.5) is 0 Å². The lowest BCUT2D eigenvalue weighted by Crippen LogP contribution is -2.36. The minimum absolute atomic E-state index is 0.0000175. The molecule has 1 aromatic carbocycles. The van der Waals surface area contributed by atoms with Gasteiger partial charge in [0, 0.05) is 19.3 Å². The number of carbonyl (C=O) groups is 1. The average molecular weight is 286 g/mol. The van der Waals surface area contributed by atoms with Crippen molar-refractivity contribution in [1.82, 2.24) is 14.7 Å². The fraction of sp³-hybridized carbons (Fsp3) is 0.375. The van der Waals surface area contributed by atoms with E-state index in [4.69, 9.17) is 5.73 Å². The van der Waals surface area contributed by atoms with E-state index in [-0.39, 0.29) is 11.8 Å². The predicted octanol–water partition coefficient (Wildman–Crippen LogP) is 1.93. The number of aromatic nitrogens is 2. The Labute approximate surface area is 125 Å². The SMILES string of the molecule is CCN(CC(C)CN)C(=O)c1cnn(-c2ccccc2)c1. The maximum Gasteiger partial charge on any atom is 0.257 e. The molecule has 0 bridgehead atoms. The van der Waals surface area contributed by atoms with Gasteiger partial charge in [-0.05, 0) is 31.5 Å². The number of rotatable bonds is 6. The van der Waals surface area contributed by atoms with Crippen molar-refractivity contribution < 1.29 is 4.79 Å². The van der Waals surface area contributed by atoms with Gasteiger partial charge >= 0.3 is 0 Å². The summed E-state index contributed by atoms with van der Waals surface area (Å²) in [5.74, 6) is 0.290. The highest BCUT2D eigenvalue weighted by Gasteiger charge is 2.18. The van der Waals surface area contributed by atoms with Crippen molar-refractivity contribution >= 4 is 5.91 Å². The monoisotopic (exact) mass is 286 g/mol. The second-order valence-corrected chi connectivity index (χ2v) is 5.19. The summed E-state index contributed by atoms with van der Waals surface area (Å²) >= 11 is 0. The molecule has 0 aliphatic rings. The molecule has 0 saturated heterocycles. The van der Waals surface area contributed by atoms with Crippen LogP contribution in [0.15, 0.2) is 42.7 Å². The molecule has 0 fully saturated rings. The molecule has 0 aliphatic carbocycles. The molecule has 1 heterocycles. The summed E-state index contributed by atoms with van der Waals surface area (Å²) < 4.78 is 1.72. The second-order valence-electron chi connectivity index (χ2n) is 5.19. The first-order valence-electron chi connectivity index (χ1n) is 7.25. The fourth-order valence-electron chi connectivity index (χ4n) is 2.14. The van der Waals surface area contributed by atoms with Gasteiger partial charge in [-0.3, -0.25) is 4.79 Å². The quantitative estimate of drug-likeness (QED) is 0.882. The van der Waals surface area contributed by atoms with Crippen LogP contribution in [-0.2, 0) is 0 Å². The van der Waals surface area contributed by atoms with Crippen LogP contribution in [0.25, 0.3) is 5.69 Å². The third-order valence-corrected chi connectivity index (χ3v) is 3.45. The largest absolute Gasteiger partial charge is 0.339 e. The third-order valence-electron chi connectivity index (χ3n) is 3.45. The summed E-state index contributed by atoms with van der Waals surface area (Å²) in [5.41, 5.74) is 7.18. The molecule has 1 atom stereocenters. The Kier molecular flexibility index (Phi) is 5.11. The Bertz CT molecular complexity index is 579. The molecule has 0 radical (unpaired) electrons. The van der Waals surface area contributed by atoms with Crippen LogP contribution in [0.3, 0.4) is 0 Å². The van der Waals surface area contributed by atoms with Crippen LogP contribution in [0.2, 0.25) is 0 Å². The van der Waals surface area contributed by atoms with Gasteiger partial charge in [0.15, 0.2) is 0 Å². The number of carbonyl (C=O) groups excluding carboxylic acids is 1. The van der Waals surface area contributed by atoms with Gasteiger partial charge in [-0.2, -0.15) is 5.10 Å². The zero-order valence-corrected chi connectivity index (χ0v) is 12.6. The molecule has 5 nitrogen and oxygen atoms in total. The van der Waals surface area contributed by atoms with E-state index in [1.54, 1.807) is 17.1 Å². The van der Waals surface area contributed by atoms with Crippen molar-refractivity contribution in [3.05, 3.63) is 48.3 Å². The normalized spacial score (nSPS) is 12.1. The van der Waals surface area contributed by atoms with Crippen LogP contribution in [0, 0.1) is 5.92 Å². The van der Waals surface area contributed by atoms with Crippen molar-refractivity contribution in [1.29, 1.82) is 0 Å². The predicted molar refractivity (Wildman–Crippen MR) is 83.4 cm³/mol. The van der Waals surface area contributed by atoms with E-state index in [1.807, 2.05) is 49.1 Å². The molecular formula is C16H22N4O. The van der Waals surface area contributed by atoms with E-state index in [1.165, 1.54) is 0 Å². The third kappa shape index (κ3) is 3.70. The van der Waals surface area contributed by atoms with Crippen LogP contribution in [-0.4, -0.2) is 40.2 Å². The smallest absolute Gasteiger partial charge is 0.257 e. The number of amides is 1. The van der Waals surface area contributed by atoms with E-state index in [0.29, 0.717) is 25.2 Å². The van der Waals surface area contributed by atoms with Crippen LogP contribution >= 0.6 is 0 Å². The van der Waals surface area contributed by atoms with Crippen LogP contribution in [0.5, 0.6) is 0 Å². The van der Waals surface area contributed by atoms with Gasteiger partial charge in [0.1, 0.15) is 0 Å². The van der Waals surface area contributed by atoms with E-state index in [0.717, 1.165) is 5.69 Å². The van der Waals surface area contributed by atoms with Gasteiger partial charge in [0.25, 0.3) is 5.91 Å². The van der Waals surface area contributed by atoms with Gasteiger partial charge in [0.05, 0.1) is 17.4 Å². The number of hydrogen-bond donors (Lipinski definition) is 1. The highest BCUT2D eigenvalue weighted by atomic mass is 16.2. The molecule has 21 heavy (non-hydrogen) atoms. The number of para-hydroxylation sites is 1. The highest BCUT2D eigenvalue weighted by molar-refractivity contribution is 5.93. The standard InChI is InChI=1S/C16H22N4O/c1-3-19(11-13(2)9-17)16(21)14-10-18-20(12-14)15-7-5-4-6-8-15/h4-8,10,12-13H,3,9,11,17H2,1-2H3. The number of nitrogens with two attached hydrogens (primary N) is 1. The van der Waals surface area contributed by atoms with Crippen molar-refractivity contribution in [2.24, 2.45) is 11.7 Å². The first kappa shape index (κ1) is 15.3. The topological polar surface area (TPSA) is 64.2 Å². The molecule has 2 N–H and O–H groups in total. The summed E-state index contributed by atoms with van der Waals surface area (Å²) in [6, 6.07) is 9.75. The molecule has 0 spiro atoms. The molecule has 2 aromatic rings. The minimum Gasteiger partial charge on any atom is -0.339 e. The summed E-state index contributed by atoms with van der Waals surface area (Å²) in [6.07, 6.45) is 3.39. The van der Waals surface area contributed by atoms with Crippen molar-refractivity contribution in [3.63, 3.8) is 0 Å². The van der Waals surface area contributed by atoms with E-state index in [9.17, 15) is 4.79 Å². The maximum absolute atomic E-state index is 12.5. The molecule has 1 amide bonds. The van der Waals surface area contributed by atoms with Gasteiger partial charge < -0.3 is 10.6 Å². The lowest BCUT2D eigenvalue weighted by Gasteiger charge is -2.23. The Balaban J connectivity index is 2.14. The fourth-order valence-corrected chi connectivity index (χ4v) is 2.14. The van der Waals surface area contributed by atoms with Gasteiger partial charge in [-0.15, -0.1) is 0 Å². The van der Waals surface area contributed by atoms with Gasteiger partial charge in [-0.1, -0.05) is 25.1 Å². The van der Waals surface area contributed by atoms with Gasteiger partial charge in [-0.25, -0.2) is 4.68 Å². The lowest BCUT2D eigenvalue weighted by molar-refractivity contribution is 0.0744. The van der Waals surface area contributed by atoms with Crippen molar-refractivity contribution in [2.75, 3.05) is 19.6 Å². The lowest BCUT2D eigenvalue weighted by atomic mass is 10.1. The Morgan fingerprint density at radius 2 is 2.10 bits per heavy atom. The maximum atomic E-state index is 12.5. The highest BCUT2D eigenvalue weighted by Crippen LogP contribution is 2.11. The molecule has 1 unspecified atom stereocenters. The summed E-state index contributed by atoms with van der Waals surface area (Å²) in [4.78, 5) is 14.3. The molecule has 5 heteroatoms. The average Bonchev–Trinajstić information content (AvgIpc) is 3.02. The van der Waals surface area contributed by atoms with Gasteiger partial charge in [0.2, 0.25) is 0 Å². The van der Waals surface area contributed by atoms with E-state index >= 15 is 0 Å². The molecule has 112 valence electrons. The second kappa shape index (κ2) is 7.04. The van der Waals surface area contributed by atoms with E-state index in [2.05, 4.69) is 5.10 Å². The molecular weight excluding hydrogens is 264 g/mol. The molecule has 2 rings (SSSR count). The summed E-state index contributed by atoms with van der Waals surface area (Å²) in [7, 11) is 0. The first-order chi connectivity index (χ1) is 10.2. The number of hydrogen-bond acceptors (Lipinski definition) is 3. The zero-order chi connectivity index (χ0) is 15.2. The van der Waals surface area contributed by atoms with Crippen LogP contribution in [0.1, 0.15) is 24.2 Å². The minimum atomic E-state index is -0.0000175. The summed E-state index contributed by atoms with van der Waals surface area (Å²) in [6.45, 7) is 5.93. The van der Waals surface area contributed by atoms with Crippen molar-refractivity contribution in [2.45, 2.75) is 13.8 Å². The van der Waals surface area contributed by atoms with E-state index < -0.39 is 0 Å². The Hall–Kier alpha value is -2.14. The van der Waals surface area contributed by atoms with Crippen molar-refractivity contribution in [3.8, 4) is 5.69 Å². The molecule has 0 aliphatic heterocycles. The first-order valence-corrected chi connectivity index (χ1v) is 7.25. The summed E-state index contributed by atoms with van der Waals surface area (Å²) in [5, 5.41) is 4.27.